The Morgan fingerprint density at radius 2 is 1.55 bits per heavy atom. The van der Waals surface area contributed by atoms with Gasteiger partial charge in [-0.1, -0.05) is 0 Å². The summed E-state index contributed by atoms with van der Waals surface area (Å²) in [7, 11) is 4.81. The van der Waals surface area contributed by atoms with Gasteiger partial charge in [-0.05, 0) is 42.5 Å². The van der Waals surface area contributed by atoms with Crippen LogP contribution < -0.4 is 24.3 Å². The Morgan fingerprint density at radius 3 is 2.31 bits per heavy atom. The number of methoxy groups -OCH3 is 3. The van der Waals surface area contributed by atoms with Crippen molar-refractivity contribution in [3.63, 3.8) is 0 Å². The molecule has 0 aromatic heterocycles. The average molecular weight is 391 g/mol. The Labute approximate surface area is 169 Å². The van der Waals surface area contributed by atoms with Crippen LogP contribution in [-0.2, 0) is 6.61 Å². The molecule has 1 heterocycles. The maximum Gasteiger partial charge on any atom is 0.197 e. The second-order valence-corrected chi connectivity index (χ2v) is 6.54. The SMILES string of the molecule is COc1ccc2c(c1)COc1cc(Nc3ccc(OC)cc3OC)ccc1C2=O. The van der Waals surface area contributed by atoms with Gasteiger partial charge in [0, 0.05) is 28.9 Å². The van der Waals surface area contributed by atoms with Crippen LogP contribution in [0.1, 0.15) is 21.5 Å². The smallest absolute Gasteiger partial charge is 0.197 e. The second kappa shape index (κ2) is 7.75. The van der Waals surface area contributed by atoms with Crippen molar-refractivity contribution in [3.8, 4) is 23.0 Å². The molecule has 3 aromatic carbocycles. The fraction of sp³-hybridized carbons (Fsp3) is 0.174. The molecule has 1 aliphatic heterocycles. The summed E-state index contributed by atoms with van der Waals surface area (Å²) in [4.78, 5) is 13.0. The largest absolute Gasteiger partial charge is 0.497 e. The second-order valence-electron chi connectivity index (χ2n) is 6.54. The Hall–Kier alpha value is -3.67. The predicted octanol–water partition coefficient (Wildman–Crippen LogP) is 4.58. The Balaban J connectivity index is 1.65. The molecule has 29 heavy (non-hydrogen) atoms. The number of rotatable bonds is 5. The lowest BCUT2D eigenvalue weighted by Crippen LogP contribution is -2.03. The molecule has 6 heteroatoms. The van der Waals surface area contributed by atoms with Gasteiger partial charge in [0.1, 0.15) is 29.6 Å². The van der Waals surface area contributed by atoms with E-state index in [-0.39, 0.29) is 5.78 Å². The molecule has 0 aliphatic carbocycles. The molecule has 148 valence electrons. The molecule has 0 radical (unpaired) electrons. The summed E-state index contributed by atoms with van der Waals surface area (Å²) in [6, 6.07) is 16.4. The highest BCUT2D eigenvalue weighted by Gasteiger charge is 2.23. The van der Waals surface area contributed by atoms with Gasteiger partial charge in [-0.25, -0.2) is 0 Å². The molecule has 0 fully saturated rings. The van der Waals surface area contributed by atoms with E-state index in [0.717, 1.165) is 16.9 Å². The monoisotopic (exact) mass is 391 g/mol. The van der Waals surface area contributed by atoms with Crippen LogP contribution in [0.15, 0.2) is 54.6 Å². The summed E-state index contributed by atoms with van der Waals surface area (Å²) in [5.74, 6) is 2.51. The van der Waals surface area contributed by atoms with Gasteiger partial charge in [0.15, 0.2) is 5.78 Å². The molecule has 0 bridgehead atoms. The van der Waals surface area contributed by atoms with E-state index < -0.39 is 0 Å². The number of benzene rings is 3. The first-order chi connectivity index (χ1) is 14.1. The lowest BCUT2D eigenvalue weighted by Gasteiger charge is -2.14. The fourth-order valence-corrected chi connectivity index (χ4v) is 3.30. The number of ketones is 1. The number of ether oxygens (including phenoxy) is 4. The molecule has 0 spiro atoms. The minimum atomic E-state index is -0.0660. The fourth-order valence-electron chi connectivity index (χ4n) is 3.30. The zero-order valence-electron chi connectivity index (χ0n) is 16.4. The van der Waals surface area contributed by atoms with Crippen molar-refractivity contribution < 1.29 is 23.7 Å². The van der Waals surface area contributed by atoms with Crippen LogP contribution in [0.25, 0.3) is 0 Å². The lowest BCUT2D eigenvalue weighted by atomic mass is 9.98. The highest BCUT2D eigenvalue weighted by atomic mass is 16.5. The molecule has 4 rings (SSSR count). The Bertz CT molecular complexity index is 1080. The molecule has 1 aliphatic rings. The van der Waals surface area contributed by atoms with Gasteiger partial charge in [-0.15, -0.1) is 0 Å². The van der Waals surface area contributed by atoms with E-state index >= 15 is 0 Å². The van der Waals surface area contributed by atoms with Gasteiger partial charge in [0.2, 0.25) is 0 Å². The highest BCUT2D eigenvalue weighted by Crippen LogP contribution is 2.35. The lowest BCUT2D eigenvalue weighted by molar-refractivity contribution is 0.103. The third-order valence-corrected chi connectivity index (χ3v) is 4.85. The average Bonchev–Trinajstić information content (AvgIpc) is 2.90. The Morgan fingerprint density at radius 1 is 0.828 bits per heavy atom. The van der Waals surface area contributed by atoms with Gasteiger partial charge in [0.25, 0.3) is 0 Å². The maximum absolute atomic E-state index is 13.0. The third kappa shape index (κ3) is 3.57. The van der Waals surface area contributed by atoms with Crippen molar-refractivity contribution in [3.05, 3.63) is 71.3 Å². The van der Waals surface area contributed by atoms with Crippen LogP contribution in [0.4, 0.5) is 11.4 Å². The first-order valence-electron chi connectivity index (χ1n) is 9.10. The number of anilines is 2. The van der Waals surface area contributed by atoms with E-state index in [0.29, 0.717) is 40.7 Å². The van der Waals surface area contributed by atoms with Gasteiger partial charge in [-0.2, -0.15) is 0 Å². The number of hydrogen-bond acceptors (Lipinski definition) is 6. The van der Waals surface area contributed by atoms with Crippen LogP contribution in [-0.4, -0.2) is 27.1 Å². The third-order valence-electron chi connectivity index (χ3n) is 4.85. The molecule has 0 amide bonds. The maximum atomic E-state index is 13.0. The first-order valence-corrected chi connectivity index (χ1v) is 9.10. The van der Waals surface area contributed by atoms with Gasteiger partial charge >= 0.3 is 0 Å². The van der Waals surface area contributed by atoms with Crippen molar-refractivity contribution in [2.75, 3.05) is 26.6 Å². The van der Waals surface area contributed by atoms with Crippen molar-refractivity contribution in [1.82, 2.24) is 0 Å². The van der Waals surface area contributed by atoms with E-state index in [2.05, 4.69) is 5.32 Å². The van der Waals surface area contributed by atoms with Crippen LogP contribution >= 0.6 is 0 Å². The van der Waals surface area contributed by atoms with E-state index in [4.69, 9.17) is 18.9 Å². The number of hydrogen-bond donors (Lipinski definition) is 1. The number of fused-ring (bicyclic) bond motifs is 2. The van der Waals surface area contributed by atoms with E-state index in [1.807, 2.05) is 30.3 Å². The minimum Gasteiger partial charge on any atom is -0.497 e. The minimum absolute atomic E-state index is 0.0660. The normalized spacial score (nSPS) is 12.2. The van der Waals surface area contributed by atoms with Crippen molar-refractivity contribution >= 4 is 17.2 Å². The molecule has 0 atom stereocenters. The van der Waals surface area contributed by atoms with Crippen LogP contribution in [0.2, 0.25) is 0 Å². The molecule has 3 aromatic rings. The van der Waals surface area contributed by atoms with Gasteiger partial charge in [-0.3, -0.25) is 4.79 Å². The molecule has 6 nitrogen and oxygen atoms in total. The van der Waals surface area contributed by atoms with Crippen LogP contribution in [0.5, 0.6) is 23.0 Å². The van der Waals surface area contributed by atoms with Crippen molar-refractivity contribution in [1.29, 1.82) is 0 Å². The zero-order valence-corrected chi connectivity index (χ0v) is 16.4. The molecule has 0 saturated heterocycles. The molecular weight excluding hydrogens is 370 g/mol. The summed E-state index contributed by atoms with van der Waals surface area (Å²) in [5, 5.41) is 3.31. The molecular formula is C23H21NO5. The highest BCUT2D eigenvalue weighted by molar-refractivity contribution is 6.12. The summed E-state index contributed by atoms with van der Waals surface area (Å²) in [5.41, 5.74) is 3.52. The number of nitrogens with one attached hydrogen (secondary N) is 1. The molecule has 1 N–H and O–H groups in total. The zero-order chi connectivity index (χ0) is 20.4. The first kappa shape index (κ1) is 18.7. The molecule has 0 saturated carbocycles. The summed E-state index contributed by atoms with van der Waals surface area (Å²) >= 11 is 0. The van der Waals surface area contributed by atoms with Gasteiger partial charge in [0.05, 0.1) is 32.6 Å². The van der Waals surface area contributed by atoms with Gasteiger partial charge < -0.3 is 24.3 Å². The predicted molar refractivity (Wildman–Crippen MR) is 110 cm³/mol. The van der Waals surface area contributed by atoms with E-state index in [1.165, 1.54) is 0 Å². The standard InChI is InChI=1S/C23H21NO5/c1-26-16-5-8-18-14(10-16)13-29-21-11-15(4-7-19(21)23(18)25)24-20-9-6-17(27-2)12-22(20)28-3/h4-12,24H,13H2,1-3H3. The van der Waals surface area contributed by atoms with Crippen LogP contribution in [0.3, 0.4) is 0 Å². The van der Waals surface area contributed by atoms with Crippen molar-refractivity contribution in [2.24, 2.45) is 0 Å². The number of carbonyl (C=O) groups is 1. The van der Waals surface area contributed by atoms with Crippen LogP contribution in [0, 0.1) is 0 Å². The van der Waals surface area contributed by atoms with E-state index in [9.17, 15) is 4.79 Å². The van der Waals surface area contributed by atoms with E-state index in [1.54, 1.807) is 45.6 Å². The Kier molecular flexibility index (Phi) is 4.99. The summed E-state index contributed by atoms with van der Waals surface area (Å²) < 4.78 is 21.9. The summed E-state index contributed by atoms with van der Waals surface area (Å²) in [6.45, 7) is 0.292. The summed E-state index contributed by atoms with van der Waals surface area (Å²) in [6.07, 6.45) is 0. The molecule has 0 unspecified atom stereocenters. The topological polar surface area (TPSA) is 66.0 Å². The number of carbonyl (C=O) groups excluding carboxylic acids is 1. The quantitative estimate of drug-likeness (QED) is 0.687. The van der Waals surface area contributed by atoms with Crippen molar-refractivity contribution in [2.45, 2.75) is 6.61 Å².